The van der Waals surface area contributed by atoms with E-state index in [-0.39, 0.29) is 35.3 Å². The van der Waals surface area contributed by atoms with Crippen LogP contribution in [0.15, 0.2) is 18.2 Å². The van der Waals surface area contributed by atoms with Crippen molar-refractivity contribution in [2.45, 2.75) is 58.3 Å². The molecule has 0 aliphatic heterocycles. The van der Waals surface area contributed by atoms with E-state index in [4.69, 9.17) is 14.2 Å². The van der Waals surface area contributed by atoms with Gasteiger partial charge in [0.25, 0.3) is 0 Å². The van der Waals surface area contributed by atoms with Crippen molar-refractivity contribution in [3.63, 3.8) is 0 Å². The highest BCUT2D eigenvalue weighted by atomic mass is 16.5. The number of methoxy groups -OCH3 is 2. The summed E-state index contributed by atoms with van der Waals surface area (Å²) in [6.45, 7) is 6.60. The number of esters is 3. The fourth-order valence-electron chi connectivity index (χ4n) is 5.69. The monoisotopic (exact) mass is 485 g/mol. The first kappa shape index (κ1) is 26.4. The molecule has 2 aliphatic rings. The van der Waals surface area contributed by atoms with Crippen molar-refractivity contribution < 1.29 is 33.4 Å². The molecule has 1 saturated carbocycles. The number of hydrogen-bond donors (Lipinski definition) is 1. The van der Waals surface area contributed by atoms with E-state index < -0.39 is 22.8 Å². The first-order valence-corrected chi connectivity index (χ1v) is 12.1. The summed E-state index contributed by atoms with van der Waals surface area (Å²) in [6.07, 6.45) is 7.14. The van der Waals surface area contributed by atoms with Crippen LogP contribution in [-0.2, 0) is 29.2 Å². The Balaban J connectivity index is 1.90. The van der Waals surface area contributed by atoms with Crippen LogP contribution in [0.3, 0.4) is 0 Å². The second kappa shape index (κ2) is 10.6. The Bertz CT molecular complexity index is 1050. The van der Waals surface area contributed by atoms with Crippen molar-refractivity contribution in [1.29, 1.82) is 0 Å². The van der Waals surface area contributed by atoms with Crippen LogP contribution in [0.2, 0.25) is 0 Å². The van der Waals surface area contributed by atoms with Crippen LogP contribution in [-0.4, -0.2) is 51.2 Å². The molecule has 0 saturated heterocycles. The van der Waals surface area contributed by atoms with Crippen LogP contribution in [0.4, 0.5) is 0 Å². The van der Waals surface area contributed by atoms with Crippen LogP contribution >= 0.6 is 0 Å². The lowest BCUT2D eigenvalue weighted by Crippen LogP contribution is -2.54. The van der Waals surface area contributed by atoms with Crippen LogP contribution in [0.1, 0.15) is 84.7 Å². The lowest BCUT2D eigenvalue weighted by molar-refractivity contribution is -0.143. The topological polar surface area (TPSA) is 108 Å². The molecule has 8 heteroatoms. The van der Waals surface area contributed by atoms with Gasteiger partial charge in [-0.2, -0.15) is 0 Å². The third-order valence-electron chi connectivity index (χ3n) is 7.52. The summed E-state index contributed by atoms with van der Waals surface area (Å²) in [6, 6.07) is 3.40. The van der Waals surface area contributed by atoms with Gasteiger partial charge in [0.05, 0.1) is 37.4 Å². The summed E-state index contributed by atoms with van der Waals surface area (Å²) >= 11 is 0. The van der Waals surface area contributed by atoms with Gasteiger partial charge in [-0.15, -0.1) is 0 Å². The standard InChI is InChI=1S/C27H35NO7/c1-6-35-22(29)9-7-14-28-25(32)27(3)13-8-12-26(2)20-16-19(24(31)34-5)18(23(30)33-4)15-17(20)10-11-21(26)27/h10-11,15-16,21H,6-9,12-14H2,1-5H3,(H,28,32)/t21?,26-,27+/m1/s1. The quantitative estimate of drug-likeness (QED) is 0.339. The molecule has 2 aliphatic carbocycles. The number of fused-ring (bicyclic) bond motifs is 3. The molecule has 0 aromatic heterocycles. The Morgan fingerprint density at radius 1 is 1.03 bits per heavy atom. The first-order chi connectivity index (χ1) is 16.6. The van der Waals surface area contributed by atoms with E-state index in [0.29, 0.717) is 19.6 Å². The molecule has 35 heavy (non-hydrogen) atoms. The van der Waals surface area contributed by atoms with Gasteiger partial charge in [-0.05, 0) is 49.4 Å². The molecule has 3 atom stereocenters. The van der Waals surface area contributed by atoms with Gasteiger partial charge in [0.15, 0.2) is 0 Å². The number of allylic oxidation sites excluding steroid dienone is 1. The van der Waals surface area contributed by atoms with E-state index in [1.54, 1.807) is 19.1 Å². The molecule has 1 fully saturated rings. The van der Waals surface area contributed by atoms with Gasteiger partial charge in [-0.1, -0.05) is 32.4 Å². The van der Waals surface area contributed by atoms with Gasteiger partial charge >= 0.3 is 17.9 Å². The van der Waals surface area contributed by atoms with E-state index >= 15 is 0 Å². The SMILES string of the molecule is CCOC(=O)CCCNC(=O)[C@@]1(C)CCC[C@]2(C)c3cc(C(=O)OC)c(C(=O)OC)cc3C=CC12. The maximum atomic E-state index is 13.4. The summed E-state index contributed by atoms with van der Waals surface area (Å²) in [5, 5.41) is 3.02. The summed E-state index contributed by atoms with van der Waals surface area (Å²) in [7, 11) is 2.55. The van der Waals surface area contributed by atoms with E-state index in [2.05, 4.69) is 18.3 Å². The molecule has 1 aromatic rings. The minimum Gasteiger partial charge on any atom is -0.466 e. The highest BCUT2D eigenvalue weighted by Crippen LogP contribution is 2.56. The fraction of sp³-hybridized carbons (Fsp3) is 0.556. The third kappa shape index (κ3) is 4.97. The predicted molar refractivity (Wildman–Crippen MR) is 130 cm³/mol. The molecule has 1 N–H and O–H groups in total. The van der Waals surface area contributed by atoms with Crippen LogP contribution in [0, 0.1) is 11.3 Å². The second-order valence-electron chi connectivity index (χ2n) is 9.66. The number of carbonyl (C=O) groups excluding carboxylic acids is 4. The van der Waals surface area contributed by atoms with Crippen molar-refractivity contribution in [1.82, 2.24) is 5.32 Å². The number of ether oxygens (including phenoxy) is 3. The highest BCUT2D eigenvalue weighted by molar-refractivity contribution is 6.04. The highest BCUT2D eigenvalue weighted by Gasteiger charge is 2.54. The Labute approximate surface area is 206 Å². The van der Waals surface area contributed by atoms with Crippen molar-refractivity contribution in [2.75, 3.05) is 27.4 Å². The molecule has 3 rings (SSSR count). The van der Waals surface area contributed by atoms with Crippen LogP contribution in [0.25, 0.3) is 6.08 Å². The summed E-state index contributed by atoms with van der Waals surface area (Å²) < 4.78 is 14.8. The molecular formula is C27H35NO7. The van der Waals surface area contributed by atoms with Crippen LogP contribution in [0.5, 0.6) is 0 Å². The van der Waals surface area contributed by atoms with E-state index in [1.807, 2.05) is 13.0 Å². The Morgan fingerprint density at radius 3 is 2.31 bits per heavy atom. The maximum absolute atomic E-state index is 13.4. The molecule has 0 heterocycles. The normalized spacial score (nSPS) is 24.5. The average molecular weight is 486 g/mol. The van der Waals surface area contributed by atoms with Crippen molar-refractivity contribution in [3.05, 3.63) is 40.5 Å². The summed E-state index contributed by atoms with van der Waals surface area (Å²) in [5.74, 6) is -1.65. The van der Waals surface area contributed by atoms with Crippen LogP contribution < -0.4 is 5.32 Å². The van der Waals surface area contributed by atoms with Gasteiger partial charge < -0.3 is 19.5 Å². The minimum atomic E-state index is -0.669. The molecule has 0 radical (unpaired) electrons. The third-order valence-corrected chi connectivity index (χ3v) is 7.52. The number of benzene rings is 1. The van der Waals surface area contributed by atoms with E-state index in [9.17, 15) is 19.2 Å². The smallest absolute Gasteiger partial charge is 0.338 e. The zero-order chi connectivity index (χ0) is 25.8. The summed E-state index contributed by atoms with van der Waals surface area (Å²) in [5.41, 5.74) is 0.968. The van der Waals surface area contributed by atoms with Gasteiger partial charge in [0.1, 0.15) is 0 Å². The molecular weight excluding hydrogens is 450 g/mol. The zero-order valence-corrected chi connectivity index (χ0v) is 21.2. The molecule has 0 bridgehead atoms. The average Bonchev–Trinajstić information content (AvgIpc) is 2.84. The summed E-state index contributed by atoms with van der Waals surface area (Å²) in [4.78, 5) is 49.9. The number of carbonyl (C=O) groups is 4. The maximum Gasteiger partial charge on any atom is 0.338 e. The molecule has 190 valence electrons. The Hall–Kier alpha value is -3.16. The van der Waals surface area contributed by atoms with Gasteiger partial charge in [-0.3, -0.25) is 9.59 Å². The van der Waals surface area contributed by atoms with Gasteiger partial charge in [0, 0.05) is 24.3 Å². The Morgan fingerprint density at radius 2 is 1.69 bits per heavy atom. The zero-order valence-electron chi connectivity index (χ0n) is 21.2. The minimum absolute atomic E-state index is 0.0512. The molecule has 1 aromatic carbocycles. The molecule has 0 spiro atoms. The van der Waals surface area contributed by atoms with Crippen molar-refractivity contribution in [2.24, 2.45) is 11.3 Å². The largest absolute Gasteiger partial charge is 0.466 e. The lowest BCUT2D eigenvalue weighted by Gasteiger charge is -2.52. The van der Waals surface area contributed by atoms with Gasteiger partial charge in [0.2, 0.25) is 5.91 Å². The van der Waals surface area contributed by atoms with Crippen molar-refractivity contribution >= 4 is 29.9 Å². The lowest BCUT2D eigenvalue weighted by atomic mass is 9.51. The van der Waals surface area contributed by atoms with Gasteiger partial charge in [-0.25, -0.2) is 9.59 Å². The number of hydrogen-bond acceptors (Lipinski definition) is 7. The number of nitrogens with one attached hydrogen (secondary N) is 1. The molecule has 1 unspecified atom stereocenters. The Kier molecular flexibility index (Phi) is 8.03. The van der Waals surface area contributed by atoms with Crippen molar-refractivity contribution in [3.8, 4) is 0 Å². The predicted octanol–water partition coefficient (Wildman–Crippen LogP) is 3.81. The number of amides is 1. The molecule has 1 amide bonds. The fourth-order valence-corrected chi connectivity index (χ4v) is 5.69. The molecule has 8 nitrogen and oxygen atoms in total. The van der Waals surface area contributed by atoms with E-state index in [1.165, 1.54) is 14.2 Å². The second-order valence-corrected chi connectivity index (χ2v) is 9.66. The number of rotatable bonds is 8. The first-order valence-electron chi connectivity index (χ1n) is 12.1. The van der Waals surface area contributed by atoms with E-state index in [0.717, 1.165) is 30.4 Å².